The van der Waals surface area contributed by atoms with Crippen molar-refractivity contribution >= 4 is 5.91 Å². The molecule has 1 fully saturated rings. The third kappa shape index (κ3) is 1.13. The van der Waals surface area contributed by atoms with Crippen LogP contribution in [0.4, 0.5) is 0 Å². The van der Waals surface area contributed by atoms with Crippen molar-refractivity contribution in [3.05, 3.63) is 0 Å². The highest BCUT2D eigenvalue weighted by molar-refractivity contribution is 5.85. The zero-order valence-corrected chi connectivity index (χ0v) is 7.18. The molecule has 64 valence electrons. The first-order valence-electron chi connectivity index (χ1n) is 4.12. The van der Waals surface area contributed by atoms with Crippen molar-refractivity contribution in [1.29, 1.82) is 0 Å². The number of hydrogen-bond donors (Lipinski definition) is 2. The quantitative estimate of drug-likeness (QED) is 0.602. The first-order chi connectivity index (χ1) is 5.13. The van der Waals surface area contributed by atoms with Crippen LogP contribution in [-0.2, 0) is 4.79 Å². The zero-order chi connectivity index (χ0) is 8.48. The van der Waals surface area contributed by atoms with Gasteiger partial charge in [0.2, 0.25) is 5.91 Å². The Kier molecular flexibility index (Phi) is 2.18. The van der Waals surface area contributed by atoms with Gasteiger partial charge in [0.25, 0.3) is 0 Å². The Hall–Kier alpha value is -0.570. The number of nitrogens with two attached hydrogens (primary N) is 1. The van der Waals surface area contributed by atoms with Gasteiger partial charge in [-0.2, -0.15) is 0 Å². The van der Waals surface area contributed by atoms with E-state index in [2.05, 4.69) is 12.2 Å². The van der Waals surface area contributed by atoms with Crippen molar-refractivity contribution in [3.8, 4) is 0 Å². The summed E-state index contributed by atoms with van der Waals surface area (Å²) in [5.41, 5.74) is 4.92. The van der Waals surface area contributed by atoms with Crippen LogP contribution in [0.1, 0.15) is 26.2 Å². The van der Waals surface area contributed by atoms with Crippen LogP contribution in [0.25, 0.3) is 0 Å². The highest BCUT2D eigenvalue weighted by Crippen LogP contribution is 2.34. The van der Waals surface area contributed by atoms with Crippen LogP contribution < -0.4 is 11.1 Å². The molecule has 1 amide bonds. The van der Waals surface area contributed by atoms with Crippen LogP contribution in [-0.4, -0.2) is 18.5 Å². The molecule has 3 nitrogen and oxygen atoms in total. The van der Waals surface area contributed by atoms with Crippen LogP contribution in [0.5, 0.6) is 0 Å². The molecule has 0 aromatic carbocycles. The molecule has 3 heteroatoms. The fourth-order valence-corrected chi connectivity index (χ4v) is 2.04. The van der Waals surface area contributed by atoms with E-state index in [-0.39, 0.29) is 5.91 Å². The lowest BCUT2D eigenvalue weighted by molar-refractivity contribution is -0.125. The van der Waals surface area contributed by atoms with Crippen LogP contribution in [0.15, 0.2) is 0 Å². The number of likely N-dealkylation sites (N-methyl/N-ethyl adjacent to an activating group) is 1. The predicted molar refractivity (Wildman–Crippen MR) is 44.0 cm³/mol. The average Bonchev–Trinajstić information content (AvgIpc) is 2.32. The van der Waals surface area contributed by atoms with Gasteiger partial charge in [0.1, 0.15) is 0 Å². The molecule has 11 heavy (non-hydrogen) atoms. The van der Waals surface area contributed by atoms with Crippen molar-refractivity contribution < 1.29 is 4.79 Å². The Labute approximate surface area is 67.3 Å². The van der Waals surface area contributed by atoms with Gasteiger partial charge in [-0.1, -0.05) is 13.3 Å². The first-order valence-corrected chi connectivity index (χ1v) is 4.12. The fraction of sp³-hybridized carbons (Fsp3) is 0.875. The van der Waals surface area contributed by atoms with E-state index in [0.29, 0.717) is 5.92 Å². The lowest BCUT2D eigenvalue weighted by Gasteiger charge is -2.29. The molecule has 2 atom stereocenters. The second kappa shape index (κ2) is 2.81. The highest BCUT2D eigenvalue weighted by atomic mass is 16.1. The molecule has 0 heterocycles. The SMILES string of the molecule is CNC1(C(N)=O)CCCC1C. The fourth-order valence-electron chi connectivity index (χ4n) is 2.04. The van der Waals surface area contributed by atoms with E-state index >= 15 is 0 Å². The third-order valence-corrected chi connectivity index (χ3v) is 2.94. The number of amides is 1. The summed E-state index contributed by atoms with van der Waals surface area (Å²) in [6.07, 6.45) is 3.09. The van der Waals surface area contributed by atoms with E-state index < -0.39 is 5.54 Å². The lowest BCUT2D eigenvalue weighted by atomic mass is 9.88. The van der Waals surface area contributed by atoms with E-state index in [1.165, 1.54) is 0 Å². The third-order valence-electron chi connectivity index (χ3n) is 2.94. The zero-order valence-electron chi connectivity index (χ0n) is 7.18. The van der Waals surface area contributed by atoms with Gasteiger partial charge in [-0.15, -0.1) is 0 Å². The van der Waals surface area contributed by atoms with Gasteiger partial charge >= 0.3 is 0 Å². The minimum atomic E-state index is -0.417. The largest absolute Gasteiger partial charge is 0.368 e. The molecule has 3 N–H and O–H groups in total. The molecule has 0 saturated heterocycles. The number of nitrogens with one attached hydrogen (secondary N) is 1. The summed E-state index contributed by atoms with van der Waals surface area (Å²) in [5, 5.41) is 3.05. The summed E-state index contributed by atoms with van der Waals surface area (Å²) in [6.45, 7) is 2.08. The van der Waals surface area contributed by atoms with Crippen LogP contribution in [0.2, 0.25) is 0 Å². The monoisotopic (exact) mass is 156 g/mol. The molecular formula is C8H16N2O. The van der Waals surface area contributed by atoms with Crippen molar-refractivity contribution in [2.45, 2.75) is 31.7 Å². The molecule has 0 bridgehead atoms. The van der Waals surface area contributed by atoms with E-state index in [9.17, 15) is 4.79 Å². The first kappa shape index (κ1) is 8.53. The molecule has 0 aromatic heterocycles. The molecule has 0 radical (unpaired) electrons. The highest BCUT2D eigenvalue weighted by Gasteiger charge is 2.43. The molecule has 1 aliphatic rings. The molecule has 0 aliphatic heterocycles. The van der Waals surface area contributed by atoms with E-state index in [4.69, 9.17) is 5.73 Å². The molecule has 0 spiro atoms. The van der Waals surface area contributed by atoms with E-state index in [0.717, 1.165) is 19.3 Å². The minimum Gasteiger partial charge on any atom is -0.368 e. The second-order valence-corrected chi connectivity index (χ2v) is 3.38. The number of hydrogen-bond acceptors (Lipinski definition) is 2. The number of rotatable bonds is 2. The van der Waals surface area contributed by atoms with E-state index in [1.54, 1.807) is 0 Å². The molecule has 1 saturated carbocycles. The molecular weight excluding hydrogens is 140 g/mol. The Morgan fingerprint density at radius 3 is 2.55 bits per heavy atom. The van der Waals surface area contributed by atoms with Crippen molar-refractivity contribution in [1.82, 2.24) is 5.32 Å². The molecule has 0 aromatic rings. The normalized spacial score (nSPS) is 37.5. The van der Waals surface area contributed by atoms with Gasteiger partial charge in [-0.3, -0.25) is 4.79 Å². The maximum Gasteiger partial charge on any atom is 0.237 e. The maximum absolute atomic E-state index is 11.1. The van der Waals surface area contributed by atoms with Crippen molar-refractivity contribution in [3.63, 3.8) is 0 Å². The molecule has 2 unspecified atom stereocenters. The summed E-state index contributed by atoms with van der Waals surface area (Å²) in [4.78, 5) is 11.1. The van der Waals surface area contributed by atoms with Gasteiger partial charge in [-0.25, -0.2) is 0 Å². The minimum absolute atomic E-state index is 0.204. The van der Waals surface area contributed by atoms with Gasteiger partial charge in [0.15, 0.2) is 0 Å². The Balaban J connectivity index is 2.82. The van der Waals surface area contributed by atoms with Gasteiger partial charge in [0.05, 0.1) is 5.54 Å². The lowest BCUT2D eigenvalue weighted by Crippen LogP contribution is -2.55. The second-order valence-electron chi connectivity index (χ2n) is 3.38. The number of primary amides is 1. The smallest absolute Gasteiger partial charge is 0.237 e. The maximum atomic E-state index is 11.1. The van der Waals surface area contributed by atoms with Crippen LogP contribution >= 0.6 is 0 Å². The van der Waals surface area contributed by atoms with Gasteiger partial charge in [0, 0.05) is 0 Å². The van der Waals surface area contributed by atoms with E-state index in [1.807, 2.05) is 7.05 Å². The standard InChI is InChI=1S/C8H16N2O/c1-6-4-3-5-8(6,10-2)7(9)11/h6,10H,3-5H2,1-2H3,(H2,9,11). The molecule has 1 rings (SSSR count). The van der Waals surface area contributed by atoms with Gasteiger partial charge < -0.3 is 11.1 Å². The number of carbonyl (C=O) groups excluding carboxylic acids is 1. The Morgan fingerprint density at radius 2 is 2.36 bits per heavy atom. The van der Waals surface area contributed by atoms with Crippen molar-refractivity contribution in [2.24, 2.45) is 11.7 Å². The summed E-state index contributed by atoms with van der Waals surface area (Å²) in [5.74, 6) is 0.176. The summed E-state index contributed by atoms with van der Waals surface area (Å²) >= 11 is 0. The van der Waals surface area contributed by atoms with Crippen LogP contribution in [0, 0.1) is 5.92 Å². The molecule has 1 aliphatic carbocycles. The topological polar surface area (TPSA) is 55.1 Å². The average molecular weight is 156 g/mol. The summed E-state index contributed by atoms with van der Waals surface area (Å²) in [7, 11) is 1.81. The Bertz CT molecular complexity index is 169. The van der Waals surface area contributed by atoms with Crippen molar-refractivity contribution in [2.75, 3.05) is 7.05 Å². The summed E-state index contributed by atoms with van der Waals surface area (Å²) < 4.78 is 0. The Morgan fingerprint density at radius 1 is 1.73 bits per heavy atom. The number of carbonyl (C=O) groups is 1. The van der Waals surface area contributed by atoms with Gasteiger partial charge in [-0.05, 0) is 25.8 Å². The predicted octanol–water partition coefficient (Wildman–Crippen LogP) is 0.250. The summed E-state index contributed by atoms with van der Waals surface area (Å²) in [6, 6.07) is 0. The van der Waals surface area contributed by atoms with Crippen LogP contribution in [0.3, 0.4) is 0 Å².